The fourth-order valence-electron chi connectivity index (χ4n) is 5.19. The number of alkyl halides is 1. The van der Waals surface area contributed by atoms with E-state index >= 15 is 0 Å². The normalized spacial score (nSPS) is 13.5. The maximum Gasteiger partial charge on any atom is 0.255 e. The molecule has 4 aromatic rings. The van der Waals surface area contributed by atoms with Gasteiger partial charge in [0.15, 0.2) is 0 Å². The molecule has 5 rings (SSSR count). The Balaban J connectivity index is 1.78. The number of benzene rings is 3. The molecule has 0 radical (unpaired) electrons. The molecule has 1 aliphatic rings. The summed E-state index contributed by atoms with van der Waals surface area (Å²) in [5, 5.41) is 2.97. The van der Waals surface area contributed by atoms with Gasteiger partial charge in [0.05, 0.1) is 24.1 Å². The second-order valence-corrected chi connectivity index (χ2v) is 11.8. The lowest BCUT2D eigenvalue weighted by Gasteiger charge is -2.24. The van der Waals surface area contributed by atoms with Gasteiger partial charge in [-0.25, -0.2) is 17.2 Å². The summed E-state index contributed by atoms with van der Waals surface area (Å²) in [5.74, 6) is -0.904. The molecular weight excluding hydrogens is 552 g/mol. The monoisotopic (exact) mass is 581 g/mol. The van der Waals surface area contributed by atoms with Crippen LogP contribution in [0.2, 0.25) is 0 Å². The smallest absolute Gasteiger partial charge is 0.255 e. The molecule has 3 aromatic carbocycles. The molecule has 2 amide bonds. The lowest BCUT2D eigenvalue weighted by molar-refractivity contribution is 0.0792. The Morgan fingerprint density at radius 1 is 1.02 bits per heavy atom. The minimum Gasteiger partial charge on any atom is -0.455 e. The molecule has 11 heteroatoms. The van der Waals surface area contributed by atoms with Gasteiger partial charge in [-0.15, -0.1) is 0 Å². The number of hydrogen-bond acceptors (Lipinski definition) is 5. The number of sulfonamides is 1. The van der Waals surface area contributed by atoms with Crippen LogP contribution in [0.4, 0.5) is 14.5 Å². The minimum atomic E-state index is -3.94. The highest BCUT2D eigenvalue weighted by Crippen LogP contribution is 2.42. The minimum absolute atomic E-state index is 0.131. The molecular formula is C30H29F2N3O5S. The third-order valence-corrected chi connectivity index (χ3v) is 8.32. The Morgan fingerprint density at radius 3 is 2.37 bits per heavy atom. The fraction of sp³-hybridized carbons (Fsp3) is 0.267. The molecule has 0 spiro atoms. The molecule has 41 heavy (non-hydrogen) atoms. The van der Waals surface area contributed by atoms with Gasteiger partial charge in [-0.1, -0.05) is 12.1 Å². The molecule has 0 saturated carbocycles. The average molecular weight is 582 g/mol. The highest BCUT2D eigenvalue weighted by molar-refractivity contribution is 7.92. The standard InChI is InChI=1S/C30H29F2N3O5S/c1-33-29(36)27-24-17-23(20-6-5-7-21(16-20)30(37)34-13-3-4-14-34)25(35(15-12-31)41(2,38)39)18-26(24)40-28(27)19-8-10-22(32)11-9-19/h5-11,16-18H,3-4,12-15H2,1-2H3,(H,33,36). The summed E-state index contributed by atoms with van der Waals surface area (Å²) in [5.41, 5.74) is 2.21. The first-order chi connectivity index (χ1) is 19.6. The van der Waals surface area contributed by atoms with E-state index in [1.165, 1.54) is 37.4 Å². The molecule has 0 atom stereocenters. The van der Waals surface area contributed by atoms with Crippen molar-refractivity contribution >= 4 is 38.5 Å². The summed E-state index contributed by atoms with van der Waals surface area (Å²) in [6, 6.07) is 15.3. The second kappa shape index (κ2) is 11.3. The predicted octanol–water partition coefficient (Wildman–Crippen LogP) is 5.24. The molecule has 1 aromatic heterocycles. The molecule has 1 aliphatic heterocycles. The quantitative estimate of drug-likeness (QED) is 0.307. The van der Waals surface area contributed by atoms with Gasteiger partial charge in [0, 0.05) is 48.3 Å². The van der Waals surface area contributed by atoms with Crippen molar-refractivity contribution in [3.63, 3.8) is 0 Å². The van der Waals surface area contributed by atoms with Crippen LogP contribution < -0.4 is 9.62 Å². The summed E-state index contributed by atoms with van der Waals surface area (Å²) in [6.45, 7) is -0.0668. The first-order valence-electron chi connectivity index (χ1n) is 13.1. The average Bonchev–Trinajstić information content (AvgIpc) is 3.63. The second-order valence-electron chi connectivity index (χ2n) is 9.86. The molecule has 1 fully saturated rings. The Kier molecular flexibility index (Phi) is 7.81. The molecule has 0 bridgehead atoms. The number of rotatable bonds is 8. The molecule has 8 nitrogen and oxygen atoms in total. The highest BCUT2D eigenvalue weighted by atomic mass is 32.2. The van der Waals surface area contributed by atoms with Crippen molar-refractivity contribution in [2.45, 2.75) is 12.8 Å². The number of fused-ring (bicyclic) bond motifs is 1. The predicted molar refractivity (Wildman–Crippen MR) is 154 cm³/mol. The van der Waals surface area contributed by atoms with E-state index in [4.69, 9.17) is 4.42 Å². The third-order valence-electron chi connectivity index (χ3n) is 7.14. The Hall–Kier alpha value is -4.25. The van der Waals surface area contributed by atoms with Crippen LogP contribution >= 0.6 is 0 Å². The molecule has 1 saturated heterocycles. The topological polar surface area (TPSA) is 99.9 Å². The van der Waals surface area contributed by atoms with Crippen LogP contribution in [-0.4, -0.2) is 64.7 Å². The van der Waals surface area contributed by atoms with Gasteiger partial charge in [0.1, 0.15) is 23.8 Å². The summed E-state index contributed by atoms with van der Waals surface area (Å²) >= 11 is 0. The van der Waals surface area contributed by atoms with Crippen molar-refractivity contribution in [2.75, 3.05) is 43.9 Å². The Bertz CT molecular complexity index is 1730. The van der Waals surface area contributed by atoms with Gasteiger partial charge in [-0.05, 0) is 60.9 Å². The third kappa shape index (κ3) is 5.54. The van der Waals surface area contributed by atoms with Gasteiger partial charge in [0.2, 0.25) is 10.0 Å². The zero-order valence-electron chi connectivity index (χ0n) is 22.6. The van der Waals surface area contributed by atoms with E-state index in [0.29, 0.717) is 40.7 Å². The number of furan rings is 1. The van der Waals surface area contributed by atoms with Crippen LogP contribution in [0.1, 0.15) is 33.6 Å². The number of carbonyl (C=O) groups excluding carboxylic acids is 2. The number of anilines is 1. The van der Waals surface area contributed by atoms with E-state index in [2.05, 4.69) is 5.32 Å². The maximum absolute atomic E-state index is 13.7. The van der Waals surface area contributed by atoms with Gasteiger partial charge >= 0.3 is 0 Å². The number of amides is 2. The number of nitrogens with one attached hydrogen (secondary N) is 1. The maximum atomic E-state index is 13.7. The van der Waals surface area contributed by atoms with Crippen LogP contribution in [0.15, 0.2) is 65.1 Å². The lowest BCUT2D eigenvalue weighted by atomic mass is 9.97. The van der Waals surface area contributed by atoms with Crippen LogP contribution in [0.5, 0.6) is 0 Å². The molecule has 0 unspecified atom stereocenters. The zero-order chi connectivity index (χ0) is 29.3. The van der Waals surface area contributed by atoms with E-state index in [-0.39, 0.29) is 28.5 Å². The zero-order valence-corrected chi connectivity index (χ0v) is 23.4. The summed E-state index contributed by atoms with van der Waals surface area (Å²) < 4.78 is 60.0. The van der Waals surface area contributed by atoms with Crippen LogP contribution in [0.3, 0.4) is 0 Å². The van der Waals surface area contributed by atoms with E-state index in [9.17, 15) is 26.8 Å². The highest BCUT2D eigenvalue weighted by Gasteiger charge is 2.28. The first kappa shape index (κ1) is 28.3. The number of halogens is 2. The summed E-state index contributed by atoms with van der Waals surface area (Å²) in [7, 11) is -2.48. The van der Waals surface area contributed by atoms with Crippen molar-refractivity contribution < 1.29 is 31.2 Å². The summed E-state index contributed by atoms with van der Waals surface area (Å²) in [4.78, 5) is 28.1. The van der Waals surface area contributed by atoms with Crippen molar-refractivity contribution in [1.29, 1.82) is 0 Å². The number of carbonyl (C=O) groups is 2. The van der Waals surface area contributed by atoms with Crippen molar-refractivity contribution in [1.82, 2.24) is 10.2 Å². The largest absolute Gasteiger partial charge is 0.455 e. The van der Waals surface area contributed by atoms with E-state index in [1.807, 2.05) is 0 Å². The van der Waals surface area contributed by atoms with E-state index in [1.54, 1.807) is 35.2 Å². The summed E-state index contributed by atoms with van der Waals surface area (Å²) in [6.07, 6.45) is 2.84. The SMILES string of the molecule is CNC(=O)c1c(-c2ccc(F)cc2)oc2cc(N(CCF)S(C)(=O)=O)c(-c3cccc(C(=O)N4CCCC4)c3)cc12. The lowest BCUT2D eigenvalue weighted by Crippen LogP contribution is -2.32. The van der Waals surface area contributed by atoms with Gasteiger partial charge < -0.3 is 14.6 Å². The molecule has 2 heterocycles. The van der Waals surface area contributed by atoms with Crippen LogP contribution in [0, 0.1) is 5.82 Å². The number of nitrogens with zero attached hydrogens (tertiary/aromatic N) is 2. The molecule has 0 aliphatic carbocycles. The van der Waals surface area contributed by atoms with Crippen molar-refractivity contribution in [3.05, 3.63) is 77.6 Å². The van der Waals surface area contributed by atoms with Gasteiger partial charge in [-0.3, -0.25) is 13.9 Å². The first-order valence-corrected chi connectivity index (χ1v) is 15.0. The van der Waals surface area contributed by atoms with E-state index < -0.39 is 35.0 Å². The Labute approximate surface area is 236 Å². The Morgan fingerprint density at radius 2 is 1.73 bits per heavy atom. The molecule has 1 N–H and O–H groups in total. The van der Waals surface area contributed by atoms with Crippen molar-refractivity contribution in [3.8, 4) is 22.5 Å². The van der Waals surface area contributed by atoms with Gasteiger partial charge in [0.25, 0.3) is 11.8 Å². The number of likely N-dealkylation sites (tertiary alicyclic amines) is 1. The fourth-order valence-corrected chi connectivity index (χ4v) is 6.10. The molecule has 214 valence electrons. The van der Waals surface area contributed by atoms with Gasteiger partial charge in [-0.2, -0.15) is 0 Å². The number of hydrogen-bond donors (Lipinski definition) is 1. The van der Waals surface area contributed by atoms with Crippen molar-refractivity contribution in [2.24, 2.45) is 0 Å². The van der Waals surface area contributed by atoms with Crippen LogP contribution in [0.25, 0.3) is 33.4 Å². The van der Waals surface area contributed by atoms with E-state index in [0.717, 1.165) is 23.4 Å². The van der Waals surface area contributed by atoms with Crippen LogP contribution in [-0.2, 0) is 10.0 Å².